The van der Waals surface area contributed by atoms with Crippen LogP contribution in [-0.2, 0) is 19.5 Å². The van der Waals surface area contributed by atoms with Crippen LogP contribution in [0.5, 0.6) is 0 Å². The minimum absolute atomic E-state index is 0. The van der Waals surface area contributed by atoms with E-state index in [0.29, 0.717) is 0 Å². The molecule has 0 amide bonds. The largest absolute Gasteiger partial charge is 0.355 e. The smallest absolute Gasteiger partial charge is 0.143 e. The van der Waals surface area contributed by atoms with Crippen molar-refractivity contribution in [2.24, 2.45) is 0 Å². The first-order valence-corrected chi connectivity index (χ1v) is 4.10. The third-order valence-corrected chi connectivity index (χ3v) is 2.10. The number of nitrogens with one attached hydrogen (secondary N) is 2. The molecular weight excluding hydrogens is 222 g/mol. The number of thiol groups is 1. The van der Waals surface area contributed by atoms with Crippen LogP contribution in [0.3, 0.4) is 0 Å². The summed E-state index contributed by atoms with van der Waals surface area (Å²) in [6, 6.07) is 6.17. The molecule has 1 aliphatic heterocycles. The number of para-hydroxylation sites is 1. The van der Waals surface area contributed by atoms with E-state index in [0.717, 1.165) is 5.69 Å². The van der Waals surface area contributed by atoms with E-state index < -0.39 is 0 Å². The van der Waals surface area contributed by atoms with Gasteiger partial charge in [0.1, 0.15) is 5.50 Å². The molecule has 0 saturated carbocycles. The SMILES string of the molecule is Cc1cccc2c1NC(S)N2.[Zn]. The Labute approximate surface area is 90.3 Å². The maximum Gasteiger partial charge on any atom is 0.143 e. The number of rotatable bonds is 0. The van der Waals surface area contributed by atoms with Crippen molar-refractivity contribution in [3.05, 3.63) is 23.8 Å². The molecule has 0 bridgehead atoms. The van der Waals surface area contributed by atoms with Gasteiger partial charge in [0.25, 0.3) is 0 Å². The van der Waals surface area contributed by atoms with Gasteiger partial charge in [0.05, 0.1) is 11.4 Å². The van der Waals surface area contributed by atoms with E-state index in [9.17, 15) is 0 Å². The standard InChI is InChI=1S/C8H10N2S.Zn/c1-5-3-2-4-6-7(5)10-8(11)9-6;/h2-4,8-11H,1H3;. The topological polar surface area (TPSA) is 24.1 Å². The van der Waals surface area contributed by atoms with Crippen LogP contribution in [0.2, 0.25) is 0 Å². The van der Waals surface area contributed by atoms with Gasteiger partial charge >= 0.3 is 0 Å². The molecule has 1 atom stereocenters. The van der Waals surface area contributed by atoms with Gasteiger partial charge in [-0.15, -0.1) is 12.6 Å². The molecule has 1 heterocycles. The zero-order valence-electron chi connectivity index (χ0n) is 6.96. The third-order valence-electron chi connectivity index (χ3n) is 1.85. The van der Waals surface area contributed by atoms with E-state index in [-0.39, 0.29) is 25.0 Å². The molecule has 0 aliphatic carbocycles. The second-order valence-electron chi connectivity index (χ2n) is 2.69. The van der Waals surface area contributed by atoms with Gasteiger partial charge in [0, 0.05) is 19.5 Å². The number of anilines is 2. The van der Waals surface area contributed by atoms with Crippen molar-refractivity contribution < 1.29 is 19.5 Å². The van der Waals surface area contributed by atoms with E-state index in [1.165, 1.54) is 11.3 Å². The van der Waals surface area contributed by atoms with Crippen molar-refractivity contribution in [1.29, 1.82) is 0 Å². The molecule has 0 fully saturated rings. The summed E-state index contributed by atoms with van der Waals surface area (Å²) >= 11 is 4.26. The minimum Gasteiger partial charge on any atom is -0.355 e. The number of hydrogen-bond donors (Lipinski definition) is 3. The van der Waals surface area contributed by atoms with Crippen molar-refractivity contribution >= 4 is 24.0 Å². The van der Waals surface area contributed by atoms with Crippen LogP contribution in [0.25, 0.3) is 0 Å². The summed E-state index contributed by atoms with van der Waals surface area (Å²) < 4.78 is 0. The van der Waals surface area contributed by atoms with Gasteiger partial charge < -0.3 is 10.6 Å². The molecule has 1 aromatic rings. The summed E-state index contributed by atoms with van der Waals surface area (Å²) in [6.45, 7) is 2.08. The molecule has 1 aliphatic rings. The molecule has 0 radical (unpaired) electrons. The van der Waals surface area contributed by atoms with Crippen LogP contribution >= 0.6 is 12.6 Å². The van der Waals surface area contributed by atoms with E-state index in [4.69, 9.17) is 0 Å². The average Bonchev–Trinajstić information content (AvgIpc) is 2.31. The van der Waals surface area contributed by atoms with Crippen LogP contribution in [0, 0.1) is 6.92 Å². The Balaban J connectivity index is 0.000000720. The summed E-state index contributed by atoms with van der Waals surface area (Å²) in [4.78, 5) is 0. The molecule has 0 aromatic heterocycles. The van der Waals surface area contributed by atoms with Gasteiger partial charge in [-0.2, -0.15) is 0 Å². The number of fused-ring (bicyclic) bond motifs is 1. The van der Waals surface area contributed by atoms with Gasteiger partial charge in [-0.25, -0.2) is 0 Å². The molecule has 0 spiro atoms. The van der Waals surface area contributed by atoms with Gasteiger partial charge in [0.15, 0.2) is 0 Å². The molecule has 1 aromatic carbocycles. The van der Waals surface area contributed by atoms with Gasteiger partial charge in [-0.3, -0.25) is 0 Å². The predicted octanol–water partition coefficient (Wildman–Crippen LogP) is 2.04. The summed E-state index contributed by atoms with van der Waals surface area (Å²) in [5.74, 6) is 0. The first-order valence-electron chi connectivity index (χ1n) is 3.58. The third kappa shape index (κ3) is 1.59. The average molecular weight is 232 g/mol. The monoisotopic (exact) mass is 230 g/mol. The first kappa shape index (κ1) is 9.88. The van der Waals surface area contributed by atoms with E-state index >= 15 is 0 Å². The number of benzene rings is 1. The summed E-state index contributed by atoms with van der Waals surface area (Å²) in [5, 5.41) is 6.41. The molecule has 4 heteroatoms. The van der Waals surface area contributed by atoms with E-state index in [2.05, 4.69) is 36.3 Å². The Kier molecular flexibility index (Phi) is 3.02. The van der Waals surface area contributed by atoms with E-state index in [1.807, 2.05) is 12.1 Å². The molecule has 2 rings (SSSR count). The maximum absolute atomic E-state index is 4.26. The van der Waals surface area contributed by atoms with Crippen LogP contribution in [0.1, 0.15) is 5.56 Å². The fraction of sp³-hybridized carbons (Fsp3) is 0.250. The summed E-state index contributed by atoms with van der Waals surface area (Å²) in [5.41, 5.74) is 3.63. The quantitative estimate of drug-likeness (QED) is 0.470. The van der Waals surface area contributed by atoms with Crippen molar-refractivity contribution in [2.45, 2.75) is 12.4 Å². The zero-order valence-corrected chi connectivity index (χ0v) is 10.8. The Morgan fingerprint density at radius 1 is 1.33 bits per heavy atom. The zero-order chi connectivity index (χ0) is 7.84. The Morgan fingerprint density at radius 3 is 2.75 bits per heavy atom. The molecule has 1 unspecified atom stereocenters. The van der Waals surface area contributed by atoms with Gasteiger partial charge in [-0.1, -0.05) is 12.1 Å². The minimum atomic E-state index is 0. The summed E-state index contributed by atoms with van der Waals surface area (Å²) in [6.07, 6.45) is 0. The summed E-state index contributed by atoms with van der Waals surface area (Å²) in [7, 11) is 0. The molecule has 0 saturated heterocycles. The van der Waals surface area contributed by atoms with Crippen molar-refractivity contribution in [3.63, 3.8) is 0 Å². The number of hydrogen-bond acceptors (Lipinski definition) is 3. The maximum atomic E-state index is 4.26. The van der Waals surface area contributed by atoms with Crippen LogP contribution in [0.4, 0.5) is 11.4 Å². The second kappa shape index (κ2) is 3.67. The Hall–Kier alpha value is -0.207. The van der Waals surface area contributed by atoms with Gasteiger partial charge in [-0.05, 0) is 18.6 Å². The molecular formula is C8H10N2SZn. The Morgan fingerprint density at radius 2 is 2.08 bits per heavy atom. The fourth-order valence-electron chi connectivity index (χ4n) is 1.30. The van der Waals surface area contributed by atoms with Gasteiger partial charge in [0.2, 0.25) is 0 Å². The van der Waals surface area contributed by atoms with Crippen LogP contribution in [0.15, 0.2) is 18.2 Å². The van der Waals surface area contributed by atoms with Crippen molar-refractivity contribution in [2.75, 3.05) is 10.6 Å². The van der Waals surface area contributed by atoms with E-state index in [1.54, 1.807) is 0 Å². The van der Waals surface area contributed by atoms with Crippen molar-refractivity contribution in [3.8, 4) is 0 Å². The Bertz CT molecular complexity index is 290. The molecule has 2 nitrogen and oxygen atoms in total. The van der Waals surface area contributed by atoms with Crippen molar-refractivity contribution in [1.82, 2.24) is 0 Å². The molecule has 12 heavy (non-hydrogen) atoms. The first-order chi connectivity index (χ1) is 5.27. The number of aryl methyl sites for hydroxylation is 1. The molecule has 2 N–H and O–H groups in total. The second-order valence-corrected chi connectivity index (χ2v) is 3.21. The fourth-order valence-corrected chi connectivity index (χ4v) is 1.57. The molecule has 60 valence electrons. The predicted molar refractivity (Wildman–Crippen MR) is 51.2 cm³/mol. The van der Waals surface area contributed by atoms with Crippen LogP contribution < -0.4 is 10.6 Å². The normalized spacial score (nSPS) is 18.7. The van der Waals surface area contributed by atoms with Crippen LogP contribution in [-0.4, -0.2) is 5.50 Å².